The molecule has 1 saturated heterocycles. The Kier molecular flexibility index (Phi) is 5.50. The summed E-state index contributed by atoms with van der Waals surface area (Å²) in [4.78, 5) is 42.1. The second kappa shape index (κ2) is 8.23. The zero-order valence-electron chi connectivity index (χ0n) is 16.3. The van der Waals surface area contributed by atoms with Crippen LogP contribution in [0.25, 0.3) is 11.5 Å². The Bertz CT molecular complexity index is 1100. The zero-order chi connectivity index (χ0) is 21.1. The van der Waals surface area contributed by atoms with Crippen molar-refractivity contribution in [1.29, 1.82) is 0 Å². The molecule has 7 nitrogen and oxygen atoms in total. The first-order chi connectivity index (χ1) is 14.5. The van der Waals surface area contributed by atoms with Gasteiger partial charge in [0.2, 0.25) is 14.9 Å². The number of rotatable bonds is 7. The van der Waals surface area contributed by atoms with Crippen LogP contribution in [-0.4, -0.2) is 25.7 Å². The molecule has 30 heavy (non-hydrogen) atoms. The molecule has 0 spiro atoms. The fourth-order valence-corrected chi connectivity index (χ4v) is 4.42. The van der Waals surface area contributed by atoms with Gasteiger partial charge in [0.25, 0.3) is 11.9 Å². The highest BCUT2D eigenvalue weighted by Gasteiger charge is 2.60. The molecule has 0 saturated carbocycles. The molecule has 1 unspecified atom stereocenters. The Morgan fingerprint density at radius 1 is 1.13 bits per heavy atom. The van der Waals surface area contributed by atoms with Gasteiger partial charge in [-0.3, -0.25) is 9.59 Å². The van der Waals surface area contributed by atoms with Crippen LogP contribution in [0.3, 0.4) is 0 Å². The van der Waals surface area contributed by atoms with E-state index in [1.54, 1.807) is 6.92 Å². The van der Waals surface area contributed by atoms with Crippen LogP contribution in [0.5, 0.6) is 0 Å². The average molecular weight is 422 g/mol. The van der Waals surface area contributed by atoms with Crippen LogP contribution in [0, 0.1) is 11.8 Å². The number of nitrogens with zero attached hydrogens (tertiary/aromatic N) is 2. The van der Waals surface area contributed by atoms with E-state index in [0.29, 0.717) is 40.0 Å². The molecule has 1 amide bonds. The van der Waals surface area contributed by atoms with E-state index in [1.165, 1.54) is 0 Å². The fraction of sp³-hybridized carbons (Fsp3) is 0.227. The Hall–Kier alpha value is -3.26. The highest BCUT2D eigenvalue weighted by molar-refractivity contribution is 7.96. The minimum atomic E-state index is -1.48. The molecule has 8 heteroatoms. The van der Waals surface area contributed by atoms with Gasteiger partial charge < -0.3 is 4.42 Å². The van der Waals surface area contributed by atoms with Crippen molar-refractivity contribution in [1.82, 2.24) is 10.4 Å². The number of Topliss-reactive ketones (excluding diaryl/α,β-unsaturated/α-hetero) is 1. The van der Waals surface area contributed by atoms with Crippen molar-refractivity contribution in [2.45, 2.75) is 30.9 Å². The van der Waals surface area contributed by atoms with Crippen molar-refractivity contribution in [2.24, 2.45) is 0 Å². The maximum Gasteiger partial charge on any atom is 0.310 e. The molecule has 4 rings (SSSR count). The number of oxazole rings is 1. The van der Waals surface area contributed by atoms with Gasteiger partial charge in [-0.05, 0) is 24.6 Å². The summed E-state index contributed by atoms with van der Waals surface area (Å²) in [6.07, 6.45) is 0.544. The molecule has 2 heterocycles. The molecule has 1 fully saturated rings. The summed E-state index contributed by atoms with van der Waals surface area (Å²) in [6, 6.07) is 18.7. The third-order valence-corrected chi connectivity index (χ3v) is 6.17. The molecule has 2 aromatic carbocycles. The van der Waals surface area contributed by atoms with Crippen LogP contribution in [0.1, 0.15) is 23.4 Å². The smallest absolute Gasteiger partial charge is 0.310 e. The van der Waals surface area contributed by atoms with Gasteiger partial charge in [-0.1, -0.05) is 54.0 Å². The molecule has 1 N–H and O–H groups in total. The number of carbonyl (C=O) groups is 2. The van der Waals surface area contributed by atoms with E-state index >= 15 is 0 Å². The zero-order valence-corrected chi connectivity index (χ0v) is 17.1. The number of hydrogen-bond donors (Lipinski definition) is 1. The molecule has 0 bridgehead atoms. The van der Waals surface area contributed by atoms with Gasteiger partial charge in [0, 0.05) is 24.8 Å². The number of hydrogen-bond acceptors (Lipinski definition) is 6. The minimum absolute atomic E-state index is 0.0721. The lowest BCUT2D eigenvalue weighted by atomic mass is 9.90. The van der Waals surface area contributed by atoms with Crippen LogP contribution in [-0.2, 0) is 22.4 Å². The molecular weight excluding hydrogens is 402 g/mol. The number of aryl methyl sites for hydroxylation is 2. The summed E-state index contributed by atoms with van der Waals surface area (Å²) in [6.45, 7) is 1.80. The minimum Gasteiger partial charge on any atom is -0.441 e. The van der Waals surface area contributed by atoms with Gasteiger partial charge in [-0.15, -0.1) is 0 Å². The number of hydrazine groups is 1. The number of amides is 1. The summed E-state index contributed by atoms with van der Waals surface area (Å²) in [5.41, 5.74) is 4.52. The lowest BCUT2D eigenvalue weighted by Crippen LogP contribution is -2.46. The van der Waals surface area contributed by atoms with Gasteiger partial charge in [-0.25, -0.2) is 4.98 Å². The first kappa shape index (κ1) is 20.0. The van der Waals surface area contributed by atoms with E-state index in [1.807, 2.05) is 60.7 Å². The van der Waals surface area contributed by atoms with Crippen molar-refractivity contribution in [2.75, 3.05) is 0 Å². The third kappa shape index (κ3) is 3.91. The molecule has 152 valence electrons. The Morgan fingerprint density at radius 2 is 1.80 bits per heavy atom. The molecule has 0 radical (unpaired) electrons. The van der Waals surface area contributed by atoms with E-state index in [2.05, 4.69) is 10.4 Å². The number of nitroso groups, excluding NO2 is 1. The molecular formula is C22H20N3O4S+. The monoisotopic (exact) mass is 422 g/mol. The van der Waals surface area contributed by atoms with Crippen molar-refractivity contribution >= 4 is 23.6 Å². The third-order valence-electron chi connectivity index (χ3n) is 5.05. The maximum absolute atomic E-state index is 13.2. The number of nitrogens with one attached hydrogen (secondary N) is 1. The fourth-order valence-electron chi connectivity index (χ4n) is 3.45. The summed E-state index contributed by atoms with van der Waals surface area (Å²) < 4.78 is 4.63. The van der Waals surface area contributed by atoms with Crippen LogP contribution < -0.4 is 5.43 Å². The molecule has 1 aromatic heterocycles. The van der Waals surface area contributed by atoms with E-state index in [0.717, 1.165) is 11.1 Å². The summed E-state index contributed by atoms with van der Waals surface area (Å²) >= 11 is 0.689. The standard InChI is InChI=1S/C22H19N3O4S/c1-15-18(23-20(29-15)17-10-6-3-7-11-17)12-13-19(26)22(21(27)24-25(28)30-22)14-16-8-4-2-5-9-16/h2-11H,12-14H2,1H3/p+1. The summed E-state index contributed by atoms with van der Waals surface area (Å²) in [5, 5.41) is 0. The molecule has 3 aromatic rings. The molecule has 1 aliphatic heterocycles. The second-order valence-electron chi connectivity index (χ2n) is 7.09. The first-order valence-electron chi connectivity index (χ1n) is 9.54. The number of benzene rings is 2. The number of ketones is 1. The van der Waals surface area contributed by atoms with Crippen LogP contribution in [0.2, 0.25) is 0 Å². The predicted molar refractivity (Wildman–Crippen MR) is 112 cm³/mol. The maximum atomic E-state index is 13.2. The lowest BCUT2D eigenvalue weighted by Gasteiger charge is -2.17. The van der Waals surface area contributed by atoms with Gasteiger partial charge >= 0.3 is 5.91 Å². The SMILES string of the molecule is Cc1oc(-c2ccccc2)nc1CCC(=O)C1(Cc2ccccc2)S[N+](=O)NC1=O. The predicted octanol–water partition coefficient (Wildman–Crippen LogP) is 3.61. The van der Waals surface area contributed by atoms with E-state index in [4.69, 9.17) is 4.42 Å². The Balaban J connectivity index is 1.53. The molecule has 1 atom stereocenters. The largest absolute Gasteiger partial charge is 0.441 e. The van der Waals surface area contributed by atoms with E-state index in [-0.39, 0.29) is 18.6 Å². The summed E-state index contributed by atoms with van der Waals surface area (Å²) in [5.74, 6) is 0.232. The highest BCUT2D eigenvalue weighted by atomic mass is 32.2. The van der Waals surface area contributed by atoms with Crippen LogP contribution in [0.4, 0.5) is 0 Å². The van der Waals surface area contributed by atoms with Crippen LogP contribution in [0.15, 0.2) is 65.1 Å². The van der Waals surface area contributed by atoms with Crippen molar-refractivity contribution < 1.29 is 18.3 Å². The van der Waals surface area contributed by atoms with Crippen molar-refractivity contribution in [3.8, 4) is 11.5 Å². The number of aromatic nitrogens is 1. The highest BCUT2D eigenvalue weighted by Crippen LogP contribution is 2.37. The lowest BCUT2D eigenvalue weighted by molar-refractivity contribution is -0.421. The van der Waals surface area contributed by atoms with Crippen molar-refractivity contribution in [3.05, 3.63) is 82.6 Å². The van der Waals surface area contributed by atoms with E-state index in [9.17, 15) is 14.5 Å². The average Bonchev–Trinajstić information content (AvgIpc) is 3.26. The normalized spacial score (nSPS) is 18.4. The topological polar surface area (TPSA) is 92.3 Å². The van der Waals surface area contributed by atoms with Crippen LogP contribution >= 0.6 is 11.9 Å². The number of carbonyl (C=O) groups excluding carboxylic acids is 2. The molecule has 0 aliphatic carbocycles. The van der Waals surface area contributed by atoms with E-state index < -0.39 is 10.7 Å². The quantitative estimate of drug-likeness (QED) is 0.355. The van der Waals surface area contributed by atoms with Gasteiger partial charge in [0.05, 0.1) is 10.6 Å². The van der Waals surface area contributed by atoms with Gasteiger partial charge in [-0.2, -0.15) is 0 Å². The molecule has 1 aliphatic rings. The second-order valence-corrected chi connectivity index (χ2v) is 8.30. The van der Waals surface area contributed by atoms with Crippen molar-refractivity contribution in [3.63, 3.8) is 0 Å². The Morgan fingerprint density at radius 3 is 2.43 bits per heavy atom. The summed E-state index contributed by atoms with van der Waals surface area (Å²) in [7, 11) is 0. The van der Waals surface area contributed by atoms with Gasteiger partial charge in [0.15, 0.2) is 5.78 Å². The first-order valence-corrected chi connectivity index (χ1v) is 10.3. The Labute approximate surface area is 177 Å². The van der Waals surface area contributed by atoms with Gasteiger partial charge in [0.1, 0.15) is 5.76 Å².